The Bertz CT molecular complexity index is 817. The quantitative estimate of drug-likeness (QED) is 0.477. The number of carbonyl (C=O) groups excluding carboxylic acids is 1. The molecule has 1 unspecified atom stereocenters. The maximum atomic E-state index is 12.6. The van der Waals surface area contributed by atoms with Crippen LogP contribution in [0, 0.1) is 17.0 Å². The van der Waals surface area contributed by atoms with E-state index in [1.165, 1.54) is 17.2 Å². The van der Waals surface area contributed by atoms with Crippen molar-refractivity contribution in [3.05, 3.63) is 62.8 Å². The predicted octanol–water partition coefficient (Wildman–Crippen LogP) is 3.44. The highest BCUT2D eigenvalue weighted by atomic mass is 16.6. The number of hydrogen-bond acceptors (Lipinski definition) is 5. The minimum atomic E-state index is -0.826. The molecular weight excluding hydrogens is 308 g/mol. The molecule has 3 rings (SSSR count). The third-order valence-corrected chi connectivity index (χ3v) is 4.21. The standard InChI is InChI=1S/C18H18N2O4/c1-11-6-9-16(18(19-11)20(22)23)24-12(2)17(21)15-8-7-13-4-3-5-14(13)10-15/h6-10,12H,3-5H2,1-2H3. The van der Waals surface area contributed by atoms with Gasteiger partial charge in [-0.15, -0.1) is 0 Å². The SMILES string of the molecule is Cc1ccc(OC(C)C(=O)c2ccc3c(c2)CCC3)c([N+](=O)[O-])n1. The van der Waals surface area contributed by atoms with E-state index in [1.54, 1.807) is 26.0 Å². The summed E-state index contributed by atoms with van der Waals surface area (Å²) in [4.78, 5) is 27.0. The number of nitrogens with zero attached hydrogens (tertiary/aromatic N) is 2. The summed E-state index contributed by atoms with van der Waals surface area (Å²) in [6.45, 7) is 3.26. The van der Waals surface area contributed by atoms with Crippen LogP contribution in [0.3, 0.4) is 0 Å². The van der Waals surface area contributed by atoms with Crippen LogP contribution in [0.2, 0.25) is 0 Å². The number of carbonyl (C=O) groups is 1. The lowest BCUT2D eigenvalue weighted by Gasteiger charge is -2.14. The van der Waals surface area contributed by atoms with E-state index in [1.807, 2.05) is 12.1 Å². The molecule has 1 heterocycles. The van der Waals surface area contributed by atoms with Gasteiger partial charge >= 0.3 is 5.82 Å². The van der Waals surface area contributed by atoms with Crippen LogP contribution in [0.5, 0.6) is 5.75 Å². The summed E-state index contributed by atoms with van der Waals surface area (Å²) >= 11 is 0. The normalized spacial score (nSPS) is 14.1. The van der Waals surface area contributed by atoms with Gasteiger partial charge in [-0.2, -0.15) is 0 Å². The molecule has 1 atom stereocenters. The van der Waals surface area contributed by atoms with Crippen LogP contribution in [0.15, 0.2) is 30.3 Å². The molecule has 0 fully saturated rings. The van der Waals surface area contributed by atoms with E-state index in [2.05, 4.69) is 4.98 Å². The van der Waals surface area contributed by atoms with Gasteiger partial charge in [0.2, 0.25) is 11.5 Å². The molecule has 0 aliphatic heterocycles. The Labute approximate surface area is 139 Å². The van der Waals surface area contributed by atoms with Gasteiger partial charge in [-0.25, -0.2) is 0 Å². The predicted molar refractivity (Wildman–Crippen MR) is 88.5 cm³/mol. The first-order valence-corrected chi connectivity index (χ1v) is 7.90. The van der Waals surface area contributed by atoms with Crippen molar-refractivity contribution in [2.45, 2.75) is 39.2 Å². The number of ketones is 1. The number of aryl methyl sites for hydroxylation is 3. The topological polar surface area (TPSA) is 82.3 Å². The maximum Gasteiger partial charge on any atom is 0.406 e. The Morgan fingerprint density at radius 2 is 2.00 bits per heavy atom. The smallest absolute Gasteiger partial charge is 0.406 e. The largest absolute Gasteiger partial charge is 0.474 e. The molecule has 0 bridgehead atoms. The molecule has 0 spiro atoms. The molecular formula is C18H18N2O4. The third-order valence-electron chi connectivity index (χ3n) is 4.21. The lowest BCUT2D eigenvalue weighted by molar-refractivity contribution is -0.390. The second kappa shape index (κ2) is 6.39. The Morgan fingerprint density at radius 1 is 1.25 bits per heavy atom. The minimum absolute atomic E-state index is 0.00705. The zero-order valence-corrected chi connectivity index (χ0v) is 13.6. The minimum Gasteiger partial charge on any atom is -0.474 e. The number of fused-ring (bicyclic) bond motifs is 1. The molecule has 24 heavy (non-hydrogen) atoms. The van der Waals surface area contributed by atoms with Gasteiger partial charge in [0.1, 0.15) is 5.69 Å². The van der Waals surface area contributed by atoms with E-state index in [-0.39, 0.29) is 17.4 Å². The lowest BCUT2D eigenvalue weighted by Crippen LogP contribution is -2.24. The fourth-order valence-electron chi connectivity index (χ4n) is 2.96. The maximum absolute atomic E-state index is 12.6. The first kappa shape index (κ1) is 16.1. The highest BCUT2D eigenvalue weighted by Crippen LogP contribution is 2.27. The van der Waals surface area contributed by atoms with Crippen LogP contribution < -0.4 is 4.74 Å². The molecule has 2 aromatic rings. The number of nitro groups is 1. The summed E-state index contributed by atoms with van der Waals surface area (Å²) in [7, 11) is 0. The number of pyridine rings is 1. The summed E-state index contributed by atoms with van der Waals surface area (Å²) in [5.41, 5.74) is 3.59. The van der Waals surface area contributed by atoms with Crippen LogP contribution in [0.25, 0.3) is 0 Å². The second-order valence-corrected chi connectivity index (χ2v) is 5.99. The zero-order valence-electron chi connectivity index (χ0n) is 13.6. The molecule has 6 heteroatoms. The molecule has 124 valence electrons. The van der Waals surface area contributed by atoms with Crippen LogP contribution in [-0.2, 0) is 12.8 Å². The summed E-state index contributed by atoms with van der Waals surface area (Å²) in [5, 5.41) is 11.1. The van der Waals surface area contributed by atoms with Gasteiger partial charge < -0.3 is 14.9 Å². The van der Waals surface area contributed by atoms with Crippen LogP contribution in [-0.4, -0.2) is 21.8 Å². The van der Waals surface area contributed by atoms with Crippen molar-refractivity contribution >= 4 is 11.6 Å². The van der Waals surface area contributed by atoms with Gasteiger partial charge in [0.05, 0.1) is 0 Å². The summed E-state index contributed by atoms with van der Waals surface area (Å²) < 4.78 is 5.54. The van der Waals surface area contributed by atoms with Gasteiger partial charge in [-0.05, 0) is 65.4 Å². The highest BCUT2D eigenvalue weighted by Gasteiger charge is 2.24. The lowest BCUT2D eigenvalue weighted by atomic mass is 10.0. The van der Waals surface area contributed by atoms with E-state index in [0.717, 1.165) is 19.3 Å². The van der Waals surface area contributed by atoms with E-state index in [4.69, 9.17) is 4.74 Å². The Hall–Kier alpha value is -2.76. The van der Waals surface area contributed by atoms with Crippen LogP contribution in [0.1, 0.15) is 40.5 Å². The Kier molecular flexibility index (Phi) is 4.29. The van der Waals surface area contributed by atoms with Gasteiger partial charge in [-0.1, -0.05) is 12.1 Å². The van der Waals surface area contributed by atoms with E-state index in [0.29, 0.717) is 11.3 Å². The van der Waals surface area contributed by atoms with Crippen molar-refractivity contribution in [3.63, 3.8) is 0 Å². The average molecular weight is 326 g/mol. The Morgan fingerprint density at radius 3 is 2.75 bits per heavy atom. The fourth-order valence-corrected chi connectivity index (χ4v) is 2.96. The zero-order chi connectivity index (χ0) is 17.3. The van der Waals surface area contributed by atoms with Crippen LogP contribution >= 0.6 is 0 Å². The Balaban J connectivity index is 1.81. The fraction of sp³-hybridized carbons (Fsp3) is 0.333. The number of ether oxygens (including phenoxy) is 1. The van der Waals surface area contributed by atoms with Crippen molar-refractivity contribution in [1.29, 1.82) is 0 Å². The average Bonchev–Trinajstić information content (AvgIpc) is 3.03. The van der Waals surface area contributed by atoms with Gasteiger partial charge in [0.15, 0.2) is 6.10 Å². The molecule has 1 aliphatic carbocycles. The molecule has 1 aromatic carbocycles. The first-order chi connectivity index (χ1) is 11.5. The number of rotatable bonds is 5. The van der Waals surface area contributed by atoms with E-state index < -0.39 is 11.0 Å². The van der Waals surface area contributed by atoms with Crippen molar-refractivity contribution < 1.29 is 14.5 Å². The highest BCUT2D eigenvalue weighted by molar-refractivity contribution is 5.99. The van der Waals surface area contributed by atoms with Gasteiger partial charge in [0, 0.05) is 12.5 Å². The number of hydrogen-bond donors (Lipinski definition) is 0. The van der Waals surface area contributed by atoms with E-state index in [9.17, 15) is 14.9 Å². The number of benzene rings is 1. The van der Waals surface area contributed by atoms with Gasteiger partial charge in [-0.3, -0.25) is 4.79 Å². The molecule has 1 aliphatic rings. The summed E-state index contributed by atoms with van der Waals surface area (Å²) in [5.74, 6) is -0.559. The molecule has 0 saturated heterocycles. The number of aromatic nitrogens is 1. The first-order valence-electron chi connectivity index (χ1n) is 7.90. The van der Waals surface area contributed by atoms with E-state index >= 15 is 0 Å². The third kappa shape index (κ3) is 3.13. The van der Waals surface area contributed by atoms with Crippen molar-refractivity contribution in [2.75, 3.05) is 0 Å². The molecule has 6 nitrogen and oxygen atoms in total. The van der Waals surface area contributed by atoms with Crippen molar-refractivity contribution in [2.24, 2.45) is 0 Å². The summed E-state index contributed by atoms with van der Waals surface area (Å²) in [6.07, 6.45) is 2.32. The molecule has 0 N–H and O–H groups in total. The molecule has 0 saturated carbocycles. The van der Waals surface area contributed by atoms with Crippen molar-refractivity contribution in [3.8, 4) is 5.75 Å². The van der Waals surface area contributed by atoms with Gasteiger partial charge in [0.25, 0.3) is 0 Å². The molecule has 0 radical (unpaired) electrons. The van der Waals surface area contributed by atoms with Crippen LogP contribution in [0.4, 0.5) is 5.82 Å². The summed E-state index contributed by atoms with van der Waals surface area (Å²) in [6, 6.07) is 8.79. The molecule has 1 aromatic heterocycles. The second-order valence-electron chi connectivity index (χ2n) is 5.99. The monoisotopic (exact) mass is 326 g/mol. The van der Waals surface area contributed by atoms with Crippen molar-refractivity contribution in [1.82, 2.24) is 4.98 Å². The molecule has 0 amide bonds. The number of Topliss-reactive ketones (excluding diaryl/α,β-unsaturated/α-hetero) is 1.